The molecular formula is C30H30F6O. The zero-order valence-corrected chi connectivity index (χ0v) is 20.7. The van der Waals surface area contributed by atoms with E-state index in [1.165, 1.54) is 49.4 Å². The van der Waals surface area contributed by atoms with Gasteiger partial charge < -0.3 is 4.74 Å². The van der Waals surface area contributed by atoms with Gasteiger partial charge in [0.2, 0.25) is 0 Å². The Morgan fingerprint density at radius 2 is 1.51 bits per heavy atom. The van der Waals surface area contributed by atoms with Crippen LogP contribution in [0.15, 0.2) is 54.6 Å². The molecule has 7 heteroatoms. The van der Waals surface area contributed by atoms with Crippen LogP contribution in [0.1, 0.15) is 68.1 Å². The summed E-state index contributed by atoms with van der Waals surface area (Å²) in [5.41, 5.74) is 2.44. The highest BCUT2D eigenvalue weighted by Crippen LogP contribution is 2.38. The van der Waals surface area contributed by atoms with Crippen LogP contribution in [-0.4, -0.2) is 6.36 Å². The summed E-state index contributed by atoms with van der Waals surface area (Å²) in [5, 5.41) is 0. The number of alkyl halides is 3. The van der Waals surface area contributed by atoms with Gasteiger partial charge in [-0.3, -0.25) is 0 Å². The molecule has 0 saturated heterocycles. The van der Waals surface area contributed by atoms with Crippen LogP contribution in [0.2, 0.25) is 0 Å². The van der Waals surface area contributed by atoms with Gasteiger partial charge in [0.25, 0.3) is 0 Å². The zero-order chi connectivity index (χ0) is 26.6. The number of halogens is 6. The molecule has 0 bridgehead atoms. The minimum atomic E-state index is -5.00. The number of ether oxygens (including phenoxy) is 1. The predicted molar refractivity (Wildman–Crippen MR) is 132 cm³/mol. The Morgan fingerprint density at radius 3 is 2.14 bits per heavy atom. The van der Waals surface area contributed by atoms with E-state index in [-0.39, 0.29) is 24.0 Å². The summed E-state index contributed by atoms with van der Waals surface area (Å²) in [6.07, 6.45) is 2.46. The van der Waals surface area contributed by atoms with Gasteiger partial charge in [-0.1, -0.05) is 62.2 Å². The van der Waals surface area contributed by atoms with Crippen LogP contribution < -0.4 is 4.74 Å². The quantitative estimate of drug-likeness (QED) is 0.269. The van der Waals surface area contributed by atoms with Gasteiger partial charge in [0.15, 0.2) is 23.2 Å². The van der Waals surface area contributed by atoms with Crippen LogP contribution in [-0.2, 0) is 12.8 Å². The average Bonchev–Trinajstić information content (AvgIpc) is 2.87. The molecule has 0 radical (unpaired) electrons. The van der Waals surface area contributed by atoms with Gasteiger partial charge >= 0.3 is 6.36 Å². The third-order valence-corrected chi connectivity index (χ3v) is 7.30. The highest BCUT2D eigenvalue weighted by molar-refractivity contribution is 5.65. The van der Waals surface area contributed by atoms with Crippen molar-refractivity contribution in [3.63, 3.8) is 0 Å². The van der Waals surface area contributed by atoms with E-state index in [2.05, 4.69) is 11.7 Å². The normalized spacial score (nSPS) is 18.1. The van der Waals surface area contributed by atoms with Crippen molar-refractivity contribution < 1.29 is 31.1 Å². The summed E-state index contributed by atoms with van der Waals surface area (Å²) in [6, 6.07) is 13.7. The standard InChI is InChI=1S/C30H30F6O/c1-2-3-19-4-8-21(9-5-19)22-11-13-23(14-12-22)25-16-15-24(28(32)29(25)33)10-6-20-7-17-27(26(31)18-20)37-30(34,35)36/h7,11-19,21H,2-6,8-10H2,1H3. The van der Waals surface area contributed by atoms with Gasteiger partial charge in [0, 0.05) is 5.56 Å². The first-order valence-corrected chi connectivity index (χ1v) is 12.8. The highest BCUT2D eigenvalue weighted by Gasteiger charge is 2.32. The fourth-order valence-corrected chi connectivity index (χ4v) is 5.32. The molecule has 1 aliphatic carbocycles. The number of aryl methyl sites for hydroxylation is 2. The van der Waals surface area contributed by atoms with Crippen molar-refractivity contribution in [2.75, 3.05) is 0 Å². The minimum absolute atomic E-state index is 0.0571. The maximum atomic E-state index is 15.0. The van der Waals surface area contributed by atoms with E-state index < -0.39 is 29.6 Å². The maximum absolute atomic E-state index is 15.0. The first-order valence-electron chi connectivity index (χ1n) is 12.8. The van der Waals surface area contributed by atoms with Crippen LogP contribution in [0.3, 0.4) is 0 Å². The summed E-state index contributed by atoms with van der Waals surface area (Å²) in [4.78, 5) is 0. The van der Waals surface area contributed by atoms with Crippen LogP contribution in [0.5, 0.6) is 5.75 Å². The molecule has 3 aromatic rings. The zero-order valence-electron chi connectivity index (χ0n) is 20.7. The number of benzene rings is 3. The lowest BCUT2D eigenvalue weighted by atomic mass is 9.77. The van der Waals surface area contributed by atoms with Gasteiger partial charge in [0.05, 0.1) is 0 Å². The van der Waals surface area contributed by atoms with E-state index in [1.807, 2.05) is 24.3 Å². The first kappa shape index (κ1) is 27.1. The summed E-state index contributed by atoms with van der Waals surface area (Å²) in [7, 11) is 0. The maximum Gasteiger partial charge on any atom is 0.573 e. The fourth-order valence-electron chi connectivity index (χ4n) is 5.32. The molecule has 1 fully saturated rings. The fraction of sp³-hybridized carbons (Fsp3) is 0.400. The van der Waals surface area contributed by atoms with Gasteiger partial charge in [-0.15, -0.1) is 13.2 Å². The molecule has 0 spiro atoms. The third-order valence-electron chi connectivity index (χ3n) is 7.30. The van der Waals surface area contributed by atoms with E-state index in [9.17, 15) is 26.3 Å². The van der Waals surface area contributed by atoms with E-state index in [1.54, 1.807) is 0 Å². The molecule has 0 N–H and O–H groups in total. The second-order valence-corrected chi connectivity index (χ2v) is 9.84. The molecule has 3 aromatic carbocycles. The van der Waals surface area contributed by atoms with E-state index >= 15 is 0 Å². The average molecular weight is 521 g/mol. The summed E-state index contributed by atoms with van der Waals surface area (Å²) in [5.74, 6) is -2.72. The Hall–Kier alpha value is -2.96. The smallest absolute Gasteiger partial charge is 0.403 e. The molecule has 4 rings (SSSR count). The van der Waals surface area contributed by atoms with Crippen molar-refractivity contribution in [3.8, 4) is 16.9 Å². The first-order chi connectivity index (χ1) is 17.6. The number of hydrogen-bond donors (Lipinski definition) is 0. The van der Waals surface area contributed by atoms with Crippen molar-refractivity contribution in [3.05, 3.63) is 88.7 Å². The Bertz CT molecular complexity index is 1190. The number of rotatable bonds is 8. The third kappa shape index (κ3) is 6.88. The SMILES string of the molecule is CCCC1CCC(c2ccc(-c3ccc(CCc4ccc(OC(F)(F)F)c(F)c4)c(F)c3F)cc2)CC1. The minimum Gasteiger partial charge on any atom is -0.403 e. The van der Waals surface area contributed by atoms with Crippen molar-refractivity contribution >= 4 is 0 Å². The van der Waals surface area contributed by atoms with Gasteiger partial charge in [-0.05, 0) is 84.7 Å². The van der Waals surface area contributed by atoms with Gasteiger partial charge in [-0.2, -0.15) is 0 Å². The molecule has 1 saturated carbocycles. The molecule has 0 atom stereocenters. The lowest BCUT2D eigenvalue weighted by molar-refractivity contribution is -0.275. The second kappa shape index (κ2) is 11.6. The van der Waals surface area contributed by atoms with Crippen molar-refractivity contribution in [2.24, 2.45) is 5.92 Å². The van der Waals surface area contributed by atoms with Crippen molar-refractivity contribution in [1.29, 1.82) is 0 Å². The van der Waals surface area contributed by atoms with Crippen LogP contribution in [0.25, 0.3) is 11.1 Å². The van der Waals surface area contributed by atoms with Crippen molar-refractivity contribution in [2.45, 2.75) is 70.6 Å². The molecule has 0 heterocycles. The molecule has 198 valence electrons. The van der Waals surface area contributed by atoms with Crippen LogP contribution in [0.4, 0.5) is 26.3 Å². The topological polar surface area (TPSA) is 9.23 Å². The molecule has 1 aliphatic rings. The molecular weight excluding hydrogens is 490 g/mol. The van der Waals surface area contributed by atoms with Gasteiger partial charge in [-0.25, -0.2) is 13.2 Å². The Morgan fingerprint density at radius 1 is 0.811 bits per heavy atom. The molecule has 0 aromatic heterocycles. The predicted octanol–water partition coefficient (Wildman–Crippen LogP) is 9.53. The van der Waals surface area contributed by atoms with Crippen LogP contribution in [0, 0.1) is 23.4 Å². The van der Waals surface area contributed by atoms with Crippen molar-refractivity contribution in [1.82, 2.24) is 0 Å². The monoisotopic (exact) mass is 520 g/mol. The van der Waals surface area contributed by atoms with E-state index in [4.69, 9.17) is 0 Å². The van der Waals surface area contributed by atoms with Gasteiger partial charge in [0.1, 0.15) is 0 Å². The summed E-state index contributed by atoms with van der Waals surface area (Å²) < 4.78 is 84.3. The van der Waals surface area contributed by atoms with E-state index in [0.717, 1.165) is 30.9 Å². The molecule has 0 amide bonds. The largest absolute Gasteiger partial charge is 0.573 e. The highest BCUT2D eigenvalue weighted by atomic mass is 19.4. The summed E-state index contributed by atoms with van der Waals surface area (Å²) in [6.45, 7) is 2.22. The Kier molecular flexibility index (Phi) is 8.50. The lowest BCUT2D eigenvalue weighted by Crippen LogP contribution is -2.18. The second-order valence-electron chi connectivity index (χ2n) is 9.84. The number of hydrogen-bond acceptors (Lipinski definition) is 1. The Labute approximate surface area is 213 Å². The summed E-state index contributed by atoms with van der Waals surface area (Å²) >= 11 is 0. The molecule has 0 aliphatic heterocycles. The van der Waals surface area contributed by atoms with Crippen LogP contribution >= 0.6 is 0 Å². The van der Waals surface area contributed by atoms with E-state index in [0.29, 0.717) is 17.0 Å². The molecule has 37 heavy (non-hydrogen) atoms. The molecule has 1 nitrogen and oxygen atoms in total. The Balaban J connectivity index is 1.41. The molecule has 0 unspecified atom stereocenters. The lowest BCUT2D eigenvalue weighted by Gasteiger charge is -2.28.